The number of phenolic OH excluding ortho intramolecular Hbond substituents is 1. The number of aromatic hydroxyl groups is 1. The number of phenols is 1. The summed E-state index contributed by atoms with van der Waals surface area (Å²) in [5.41, 5.74) is 1.39. The Morgan fingerprint density at radius 2 is 1.45 bits per heavy atom. The molecule has 1 aliphatic heterocycles. The zero-order valence-electron chi connectivity index (χ0n) is 16.2. The van der Waals surface area contributed by atoms with Crippen molar-refractivity contribution >= 4 is 22.4 Å². The number of aliphatic hydroxyl groups is 1. The van der Waals surface area contributed by atoms with Gasteiger partial charge in [-0.1, -0.05) is 24.3 Å². The third kappa shape index (κ3) is 4.22. The van der Waals surface area contributed by atoms with Crippen LogP contribution in [0.5, 0.6) is 5.75 Å². The molecule has 31 heavy (non-hydrogen) atoms. The highest BCUT2D eigenvalue weighted by molar-refractivity contribution is 7.86. The van der Waals surface area contributed by atoms with Crippen LogP contribution in [0, 0.1) is 11.6 Å². The SMILES string of the molecule is O=C1[C@@H](c2ccc(O)cc2)[C@@H](S(=O)C[C@H](O)c2ccc(F)cc2)N1c1ccc(F)cc1. The first-order valence-corrected chi connectivity index (χ1v) is 10.9. The summed E-state index contributed by atoms with van der Waals surface area (Å²) in [6.45, 7) is 0. The molecule has 160 valence electrons. The molecule has 4 rings (SSSR count). The monoisotopic (exact) mass is 443 g/mol. The molecule has 0 bridgehead atoms. The maximum Gasteiger partial charge on any atom is 0.238 e. The lowest BCUT2D eigenvalue weighted by atomic mass is 9.89. The van der Waals surface area contributed by atoms with E-state index in [1.54, 1.807) is 12.1 Å². The van der Waals surface area contributed by atoms with Gasteiger partial charge in [0, 0.05) is 16.5 Å². The largest absolute Gasteiger partial charge is 0.508 e. The summed E-state index contributed by atoms with van der Waals surface area (Å²) in [7, 11) is -1.70. The summed E-state index contributed by atoms with van der Waals surface area (Å²) in [6.07, 6.45) is -1.12. The highest BCUT2D eigenvalue weighted by atomic mass is 32.2. The van der Waals surface area contributed by atoms with E-state index >= 15 is 0 Å². The second-order valence-corrected chi connectivity index (χ2v) is 8.84. The van der Waals surface area contributed by atoms with Crippen molar-refractivity contribution in [2.45, 2.75) is 17.4 Å². The number of nitrogens with zero attached hydrogens (tertiary/aromatic N) is 1. The smallest absolute Gasteiger partial charge is 0.238 e. The second kappa shape index (κ2) is 8.56. The fourth-order valence-electron chi connectivity index (χ4n) is 3.63. The summed E-state index contributed by atoms with van der Waals surface area (Å²) in [5.74, 6) is -2.10. The number of hydrogen-bond acceptors (Lipinski definition) is 4. The van der Waals surface area contributed by atoms with E-state index in [9.17, 15) is 28.0 Å². The van der Waals surface area contributed by atoms with E-state index in [1.165, 1.54) is 65.6 Å². The summed E-state index contributed by atoms with van der Waals surface area (Å²) in [5, 5.41) is 19.2. The number of β-lactam (4-membered cyclic amide) rings is 1. The normalized spacial score (nSPS) is 20.2. The Morgan fingerprint density at radius 3 is 2.03 bits per heavy atom. The zero-order valence-corrected chi connectivity index (χ0v) is 17.0. The highest BCUT2D eigenvalue weighted by Crippen LogP contribution is 2.42. The Hall–Kier alpha value is -3.10. The minimum absolute atomic E-state index is 0.0373. The molecule has 2 N–H and O–H groups in total. The predicted octanol–water partition coefficient (Wildman–Crippen LogP) is 3.61. The van der Waals surface area contributed by atoms with Gasteiger partial charge in [0.2, 0.25) is 5.91 Å². The lowest BCUT2D eigenvalue weighted by Gasteiger charge is -2.46. The van der Waals surface area contributed by atoms with E-state index in [0.29, 0.717) is 16.8 Å². The topological polar surface area (TPSA) is 77.8 Å². The minimum atomic E-state index is -1.70. The number of anilines is 1. The Bertz CT molecular complexity index is 1050. The van der Waals surface area contributed by atoms with Gasteiger partial charge in [-0.3, -0.25) is 13.9 Å². The number of amides is 1. The van der Waals surface area contributed by atoms with Gasteiger partial charge in [-0.15, -0.1) is 0 Å². The van der Waals surface area contributed by atoms with Crippen molar-refractivity contribution < 1.29 is 28.0 Å². The van der Waals surface area contributed by atoms with Crippen LogP contribution in [0.3, 0.4) is 0 Å². The number of halogens is 2. The van der Waals surface area contributed by atoms with E-state index in [1.807, 2.05) is 0 Å². The maximum absolute atomic E-state index is 13.3. The van der Waals surface area contributed by atoms with E-state index in [0.717, 1.165) is 0 Å². The summed E-state index contributed by atoms with van der Waals surface area (Å²) in [4.78, 5) is 14.3. The van der Waals surface area contributed by atoms with Crippen molar-refractivity contribution in [3.05, 3.63) is 95.6 Å². The van der Waals surface area contributed by atoms with Crippen molar-refractivity contribution in [1.29, 1.82) is 0 Å². The number of benzene rings is 3. The number of hydrogen-bond donors (Lipinski definition) is 2. The van der Waals surface area contributed by atoms with Crippen molar-refractivity contribution in [3.63, 3.8) is 0 Å². The van der Waals surface area contributed by atoms with E-state index in [4.69, 9.17) is 0 Å². The third-order valence-corrected chi connectivity index (χ3v) is 6.91. The molecule has 4 atom stereocenters. The highest BCUT2D eigenvalue weighted by Gasteiger charge is 2.52. The molecular formula is C23H19F2NO4S. The molecule has 1 unspecified atom stereocenters. The molecule has 0 saturated carbocycles. The van der Waals surface area contributed by atoms with Crippen LogP contribution in [0.25, 0.3) is 0 Å². The standard InChI is InChI=1S/C23H19F2NO4S/c24-16-5-1-14(2-6-16)20(28)13-31(30)23-21(15-3-11-19(27)12-4-15)22(29)26(23)18-9-7-17(25)8-10-18/h1-12,20-21,23,27-28H,13H2/t20-,21+,23+,31?/m0/s1. The van der Waals surface area contributed by atoms with Crippen LogP contribution < -0.4 is 4.90 Å². The van der Waals surface area contributed by atoms with Gasteiger partial charge in [0.1, 0.15) is 22.8 Å². The molecule has 8 heteroatoms. The number of aliphatic hydroxyl groups excluding tert-OH is 1. The molecule has 0 aromatic heterocycles. The molecule has 5 nitrogen and oxygen atoms in total. The van der Waals surface area contributed by atoms with Crippen LogP contribution in [0.4, 0.5) is 14.5 Å². The van der Waals surface area contributed by atoms with E-state index in [2.05, 4.69) is 0 Å². The fourth-order valence-corrected chi connectivity index (χ4v) is 5.37. The van der Waals surface area contributed by atoms with Gasteiger partial charge in [0.05, 0.1) is 17.8 Å². The lowest BCUT2D eigenvalue weighted by molar-refractivity contribution is -0.124. The molecule has 1 heterocycles. The zero-order chi connectivity index (χ0) is 22.1. The molecule has 3 aromatic rings. The average molecular weight is 443 g/mol. The van der Waals surface area contributed by atoms with Crippen molar-refractivity contribution in [3.8, 4) is 5.75 Å². The Labute approximate surface area is 180 Å². The molecule has 0 radical (unpaired) electrons. The van der Waals surface area contributed by atoms with Gasteiger partial charge in [0.15, 0.2) is 0 Å². The minimum Gasteiger partial charge on any atom is -0.508 e. The average Bonchev–Trinajstić information content (AvgIpc) is 2.75. The van der Waals surface area contributed by atoms with Gasteiger partial charge in [-0.25, -0.2) is 8.78 Å². The van der Waals surface area contributed by atoms with Crippen LogP contribution in [-0.2, 0) is 15.6 Å². The number of carbonyl (C=O) groups is 1. The van der Waals surface area contributed by atoms with Crippen LogP contribution in [-0.4, -0.2) is 31.5 Å². The quantitative estimate of drug-likeness (QED) is 0.571. The second-order valence-electron chi connectivity index (χ2n) is 7.26. The molecule has 1 amide bonds. The van der Waals surface area contributed by atoms with Crippen molar-refractivity contribution in [1.82, 2.24) is 0 Å². The Kier molecular flexibility index (Phi) is 5.84. The first-order valence-electron chi connectivity index (χ1n) is 9.53. The van der Waals surface area contributed by atoms with Crippen molar-refractivity contribution in [2.75, 3.05) is 10.7 Å². The van der Waals surface area contributed by atoms with E-state index in [-0.39, 0.29) is 17.4 Å². The first kappa shape index (κ1) is 21.1. The number of carbonyl (C=O) groups excluding carboxylic acids is 1. The van der Waals surface area contributed by atoms with Gasteiger partial charge < -0.3 is 10.2 Å². The number of rotatable bonds is 6. The molecule has 1 fully saturated rings. The summed E-state index contributed by atoms with van der Waals surface area (Å²) < 4.78 is 39.8. The fraction of sp³-hybridized carbons (Fsp3) is 0.174. The third-order valence-electron chi connectivity index (χ3n) is 5.25. The summed E-state index contributed by atoms with van der Waals surface area (Å²) in [6, 6.07) is 16.6. The van der Waals surface area contributed by atoms with Gasteiger partial charge >= 0.3 is 0 Å². The predicted molar refractivity (Wildman–Crippen MR) is 113 cm³/mol. The van der Waals surface area contributed by atoms with Gasteiger partial charge in [0.25, 0.3) is 0 Å². The molecule has 1 aliphatic rings. The van der Waals surface area contributed by atoms with Gasteiger partial charge in [-0.2, -0.15) is 0 Å². The molecule has 0 spiro atoms. The van der Waals surface area contributed by atoms with Gasteiger partial charge in [-0.05, 0) is 59.7 Å². The van der Waals surface area contributed by atoms with Crippen LogP contribution in [0.15, 0.2) is 72.8 Å². The Morgan fingerprint density at radius 1 is 0.903 bits per heavy atom. The summed E-state index contributed by atoms with van der Waals surface area (Å²) >= 11 is 0. The van der Waals surface area contributed by atoms with Crippen molar-refractivity contribution in [2.24, 2.45) is 0 Å². The first-order chi connectivity index (χ1) is 14.8. The molecule has 1 saturated heterocycles. The van der Waals surface area contributed by atoms with Crippen LogP contribution >= 0.6 is 0 Å². The molecular weight excluding hydrogens is 424 g/mol. The maximum atomic E-state index is 13.3. The molecule has 0 aliphatic carbocycles. The van der Waals surface area contributed by atoms with Crippen LogP contribution in [0.2, 0.25) is 0 Å². The van der Waals surface area contributed by atoms with E-state index < -0.39 is 39.8 Å². The lowest BCUT2D eigenvalue weighted by Crippen LogP contribution is -2.62. The Balaban J connectivity index is 1.63. The van der Waals surface area contributed by atoms with Crippen LogP contribution in [0.1, 0.15) is 23.1 Å². The molecule has 3 aromatic carbocycles.